The Balaban J connectivity index is 1.97. The molecule has 0 radical (unpaired) electrons. The van der Waals surface area contributed by atoms with E-state index in [0.717, 1.165) is 5.56 Å². The fourth-order valence-corrected chi connectivity index (χ4v) is 2.55. The summed E-state index contributed by atoms with van der Waals surface area (Å²) < 4.78 is 1.57. The van der Waals surface area contributed by atoms with Crippen molar-refractivity contribution in [3.05, 3.63) is 41.6 Å². The zero-order valence-electron chi connectivity index (χ0n) is 10.4. The molecule has 2 heterocycles. The third-order valence-corrected chi connectivity index (χ3v) is 3.62. The van der Waals surface area contributed by atoms with E-state index >= 15 is 0 Å². The molecule has 0 aliphatic carbocycles. The second kappa shape index (κ2) is 5.56. The zero-order chi connectivity index (χ0) is 13.9. The number of benzene rings is 1. The quantitative estimate of drug-likeness (QED) is 0.692. The van der Waals surface area contributed by atoms with Crippen molar-refractivity contribution >= 4 is 23.4 Å². The molecule has 100 valence electrons. The maximum Gasteiger partial charge on any atom is 0.215 e. The molecule has 0 spiro atoms. The molecular formula is C12H9ClN6S. The molecule has 8 heteroatoms. The Kier molecular flexibility index (Phi) is 3.62. The minimum absolute atomic E-state index is 0.386. The molecule has 0 bridgehead atoms. The maximum atomic E-state index is 6.06. The van der Waals surface area contributed by atoms with Crippen LogP contribution in [0.4, 0.5) is 0 Å². The highest BCUT2D eigenvalue weighted by Gasteiger charge is 2.10. The lowest BCUT2D eigenvalue weighted by Gasteiger charge is -2.04. The monoisotopic (exact) mass is 304 g/mol. The number of hydrogen-bond acceptors (Lipinski definition) is 6. The van der Waals surface area contributed by atoms with Crippen molar-refractivity contribution in [3.63, 3.8) is 0 Å². The average molecular weight is 305 g/mol. The van der Waals surface area contributed by atoms with Gasteiger partial charge in [0.25, 0.3) is 0 Å². The summed E-state index contributed by atoms with van der Waals surface area (Å²) in [6.07, 6.45) is 0. The van der Waals surface area contributed by atoms with E-state index in [-0.39, 0.29) is 0 Å². The second-order valence-corrected chi connectivity index (χ2v) is 5.28. The summed E-state index contributed by atoms with van der Waals surface area (Å²) in [5.74, 6) is 0.579. The van der Waals surface area contributed by atoms with Crippen molar-refractivity contribution in [2.45, 2.75) is 10.2 Å². The van der Waals surface area contributed by atoms with Crippen LogP contribution in [0.15, 0.2) is 46.6 Å². The average Bonchev–Trinajstić information content (AvgIpc) is 2.85. The van der Waals surface area contributed by atoms with Gasteiger partial charge in [-0.15, -0.1) is 5.10 Å². The topological polar surface area (TPSA) is 69.4 Å². The highest BCUT2D eigenvalue weighted by molar-refractivity contribution is 7.99. The molecule has 0 N–H and O–H groups in total. The van der Waals surface area contributed by atoms with Gasteiger partial charge in [0.1, 0.15) is 10.2 Å². The van der Waals surface area contributed by atoms with Crippen molar-refractivity contribution in [3.8, 4) is 11.4 Å². The molecule has 0 unspecified atom stereocenters. The third-order valence-electron chi connectivity index (χ3n) is 2.48. The van der Waals surface area contributed by atoms with Crippen LogP contribution >= 0.6 is 23.4 Å². The standard InChI is InChI=1S/C12H9ClN6S/c1-19-12(16-17-18-19)20-10-7-9(13)14-11(15-10)8-5-3-2-4-6-8/h2-7H,1H3. The normalized spacial score (nSPS) is 10.7. The first kappa shape index (κ1) is 13.0. The van der Waals surface area contributed by atoms with E-state index < -0.39 is 0 Å². The first-order valence-electron chi connectivity index (χ1n) is 5.72. The highest BCUT2D eigenvalue weighted by Crippen LogP contribution is 2.27. The van der Waals surface area contributed by atoms with Crippen molar-refractivity contribution < 1.29 is 0 Å². The van der Waals surface area contributed by atoms with Crippen LogP contribution < -0.4 is 0 Å². The summed E-state index contributed by atoms with van der Waals surface area (Å²) in [5, 5.41) is 13.0. The lowest BCUT2D eigenvalue weighted by Crippen LogP contribution is -1.95. The molecule has 0 aliphatic rings. The summed E-state index contributed by atoms with van der Waals surface area (Å²) in [6.45, 7) is 0. The van der Waals surface area contributed by atoms with Crippen molar-refractivity contribution in [2.75, 3.05) is 0 Å². The van der Waals surface area contributed by atoms with Crippen LogP contribution in [0.25, 0.3) is 11.4 Å². The van der Waals surface area contributed by atoms with Gasteiger partial charge in [0.15, 0.2) is 5.82 Å². The number of hydrogen-bond donors (Lipinski definition) is 0. The molecule has 0 aliphatic heterocycles. The molecule has 1 aromatic carbocycles. The van der Waals surface area contributed by atoms with Crippen LogP contribution in [0.2, 0.25) is 5.15 Å². The molecule has 2 aromatic heterocycles. The van der Waals surface area contributed by atoms with E-state index in [1.165, 1.54) is 11.8 Å². The Bertz CT molecular complexity index is 730. The van der Waals surface area contributed by atoms with Crippen molar-refractivity contribution in [1.82, 2.24) is 30.2 Å². The van der Waals surface area contributed by atoms with Gasteiger partial charge in [-0.2, -0.15) is 0 Å². The molecule has 0 saturated heterocycles. The van der Waals surface area contributed by atoms with Crippen LogP contribution in [0.5, 0.6) is 0 Å². The molecule has 3 rings (SSSR count). The third kappa shape index (κ3) is 2.78. The summed E-state index contributed by atoms with van der Waals surface area (Å²) in [4.78, 5) is 8.72. The van der Waals surface area contributed by atoms with Crippen molar-refractivity contribution in [1.29, 1.82) is 0 Å². The molecule has 6 nitrogen and oxygen atoms in total. The van der Waals surface area contributed by atoms with Crippen LogP contribution in [0.3, 0.4) is 0 Å². The molecule has 0 saturated carbocycles. The SMILES string of the molecule is Cn1nnnc1Sc1cc(Cl)nc(-c2ccccc2)n1. The van der Waals surface area contributed by atoms with E-state index in [1.54, 1.807) is 17.8 Å². The molecular weight excluding hydrogens is 296 g/mol. The Morgan fingerprint density at radius 3 is 2.65 bits per heavy atom. The largest absolute Gasteiger partial charge is 0.223 e. The molecule has 3 aromatic rings. The first-order valence-corrected chi connectivity index (χ1v) is 6.92. The van der Waals surface area contributed by atoms with E-state index in [1.807, 2.05) is 30.3 Å². The highest BCUT2D eigenvalue weighted by atomic mass is 35.5. The van der Waals surface area contributed by atoms with E-state index in [4.69, 9.17) is 11.6 Å². The summed E-state index contributed by atoms with van der Waals surface area (Å²) in [6, 6.07) is 11.4. The van der Waals surface area contributed by atoms with Gasteiger partial charge in [-0.1, -0.05) is 41.9 Å². The predicted octanol–water partition coefficient (Wildman–Crippen LogP) is 2.47. The van der Waals surface area contributed by atoms with Crippen LogP contribution in [-0.4, -0.2) is 30.2 Å². The van der Waals surface area contributed by atoms with Gasteiger partial charge in [-0.05, 0) is 22.2 Å². The number of halogens is 1. The van der Waals surface area contributed by atoms with Crippen LogP contribution in [-0.2, 0) is 7.05 Å². The zero-order valence-corrected chi connectivity index (χ0v) is 12.0. The lowest BCUT2D eigenvalue weighted by atomic mass is 10.2. The van der Waals surface area contributed by atoms with Gasteiger partial charge in [0.05, 0.1) is 0 Å². The van der Waals surface area contributed by atoms with Gasteiger partial charge in [0.2, 0.25) is 5.16 Å². The van der Waals surface area contributed by atoms with Gasteiger partial charge < -0.3 is 0 Å². The van der Waals surface area contributed by atoms with E-state index in [9.17, 15) is 0 Å². The Morgan fingerprint density at radius 2 is 1.95 bits per heavy atom. The molecule has 20 heavy (non-hydrogen) atoms. The number of rotatable bonds is 3. The van der Waals surface area contributed by atoms with Crippen LogP contribution in [0.1, 0.15) is 0 Å². The fourth-order valence-electron chi connectivity index (χ4n) is 1.57. The van der Waals surface area contributed by atoms with Gasteiger partial charge in [0, 0.05) is 18.7 Å². The van der Waals surface area contributed by atoms with Gasteiger partial charge in [-0.25, -0.2) is 14.6 Å². The Labute approximate surface area is 124 Å². The van der Waals surface area contributed by atoms with Crippen LogP contribution in [0, 0.1) is 0 Å². The van der Waals surface area contributed by atoms with Gasteiger partial charge in [-0.3, -0.25) is 0 Å². The number of aromatic nitrogens is 6. The summed E-state index contributed by atoms with van der Waals surface area (Å²) >= 11 is 7.39. The maximum absolute atomic E-state index is 6.06. The van der Waals surface area contributed by atoms with E-state index in [0.29, 0.717) is 21.2 Å². The number of tetrazole rings is 1. The molecule has 0 amide bonds. The lowest BCUT2D eigenvalue weighted by molar-refractivity contribution is 0.664. The summed E-state index contributed by atoms with van der Waals surface area (Å²) in [7, 11) is 1.77. The molecule has 0 atom stereocenters. The second-order valence-electron chi connectivity index (χ2n) is 3.91. The smallest absolute Gasteiger partial charge is 0.215 e. The first-order chi connectivity index (χ1) is 9.72. The number of nitrogens with zero attached hydrogens (tertiary/aromatic N) is 6. The minimum Gasteiger partial charge on any atom is -0.223 e. The predicted molar refractivity (Wildman–Crippen MR) is 75.4 cm³/mol. The summed E-state index contributed by atoms with van der Waals surface area (Å²) in [5.41, 5.74) is 0.910. The van der Waals surface area contributed by atoms with Gasteiger partial charge >= 0.3 is 0 Å². The Hall–Kier alpha value is -1.99. The molecule has 0 fully saturated rings. The number of aryl methyl sites for hydroxylation is 1. The fraction of sp³-hybridized carbons (Fsp3) is 0.0833. The Morgan fingerprint density at radius 1 is 1.15 bits per heavy atom. The minimum atomic E-state index is 0.386. The van der Waals surface area contributed by atoms with E-state index in [2.05, 4.69) is 25.5 Å². The van der Waals surface area contributed by atoms with Crippen molar-refractivity contribution in [2.24, 2.45) is 7.05 Å².